The van der Waals surface area contributed by atoms with Gasteiger partial charge in [-0.2, -0.15) is 9.61 Å². The van der Waals surface area contributed by atoms with Crippen molar-refractivity contribution in [3.63, 3.8) is 0 Å². The molecule has 0 amide bonds. The third-order valence-corrected chi connectivity index (χ3v) is 3.54. The summed E-state index contributed by atoms with van der Waals surface area (Å²) < 4.78 is 3.66. The molecule has 0 aromatic carbocycles. The second-order valence-electron chi connectivity index (χ2n) is 4.87. The van der Waals surface area contributed by atoms with Crippen molar-refractivity contribution in [1.29, 1.82) is 0 Å². The summed E-state index contributed by atoms with van der Waals surface area (Å²) in [7, 11) is 0. The maximum Gasteiger partial charge on any atom is 0.274 e. The number of hydrogen-bond donors (Lipinski definition) is 1. The summed E-state index contributed by atoms with van der Waals surface area (Å²) in [6.45, 7) is 3.46. The maximum atomic E-state index is 12.0. The first-order chi connectivity index (χ1) is 8.74. The fraction of sp³-hybridized carbons (Fsp3) is 0.538. The van der Waals surface area contributed by atoms with Crippen molar-refractivity contribution in [3.05, 3.63) is 33.9 Å². The van der Waals surface area contributed by atoms with Gasteiger partial charge in [-0.3, -0.25) is 4.79 Å². The van der Waals surface area contributed by atoms with Crippen LogP contribution in [0, 0.1) is 0 Å². The van der Waals surface area contributed by atoms with Gasteiger partial charge in [0.05, 0.1) is 5.69 Å². The summed E-state index contributed by atoms with van der Waals surface area (Å²) >= 11 is 0. The number of rotatable bonds is 4. The van der Waals surface area contributed by atoms with Crippen molar-refractivity contribution in [2.75, 3.05) is 6.54 Å². The van der Waals surface area contributed by atoms with Crippen LogP contribution in [0.25, 0.3) is 5.65 Å². The van der Waals surface area contributed by atoms with Gasteiger partial charge in [-0.05, 0) is 26.3 Å². The van der Waals surface area contributed by atoms with E-state index in [0.717, 1.165) is 30.0 Å². The number of nitrogens with two attached hydrogens (primary N) is 1. The molecule has 1 aliphatic carbocycles. The van der Waals surface area contributed by atoms with Crippen LogP contribution in [0.4, 0.5) is 0 Å². The molecule has 0 aliphatic heterocycles. The van der Waals surface area contributed by atoms with Gasteiger partial charge in [0.1, 0.15) is 5.65 Å². The van der Waals surface area contributed by atoms with Gasteiger partial charge in [0.25, 0.3) is 5.56 Å². The lowest BCUT2D eigenvalue weighted by Gasteiger charge is -2.12. The van der Waals surface area contributed by atoms with Crippen LogP contribution < -0.4 is 11.3 Å². The standard InChI is InChI=1S/C13H18N4O/c1-2-16-10(5-6-14)7-13(18)17-12(16)8-11(15-17)9-3-4-9/h7-9H,2-6,14H2,1H3. The molecular weight excluding hydrogens is 228 g/mol. The molecular formula is C13H18N4O. The predicted octanol–water partition coefficient (Wildman–Crippen LogP) is 0.894. The molecule has 0 bridgehead atoms. The van der Waals surface area contributed by atoms with E-state index in [1.54, 1.807) is 6.07 Å². The van der Waals surface area contributed by atoms with Gasteiger partial charge in [-0.25, -0.2) is 0 Å². The van der Waals surface area contributed by atoms with Gasteiger partial charge in [0, 0.05) is 36.7 Å². The smallest absolute Gasteiger partial charge is 0.274 e. The lowest BCUT2D eigenvalue weighted by molar-refractivity contribution is 0.684. The minimum atomic E-state index is -0.0509. The first-order valence-electron chi connectivity index (χ1n) is 6.57. The summed E-state index contributed by atoms with van der Waals surface area (Å²) in [5.74, 6) is 0.563. The molecule has 2 N–H and O–H groups in total. The normalized spacial score (nSPS) is 15.4. The second-order valence-corrected chi connectivity index (χ2v) is 4.87. The van der Waals surface area contributed by atoms with Crippen molar-refractivity contribution in [1.82, 2.24) is 14.2 Å². The van der Waals surface area contributed by atoms with Crippen molar-refractivity contribution in [2.24, 2.45) is 5.73 Å². The van der Waals surface area contributed by atoms with Gasteiger partial charge < -0.3 is 10.3 Å². The van der Waals surface area contributed by atoms with E-state index in [9.17, 15) is 4.79 Å². The summed E-state index contributed by atoms with van der Waals surface area (Å²) in [6.07, 6.45) is 3.11. The minimum Gasteiger partial charge on any atom is -0.330 e. The Balaban J connectivity index is 2.23. The van der Waals surface area contributed by atoms with Gasteiger partial charge in [0.15, 0.2) is 0 Å². The average molecular weight is 246 g/mol. The highest BCUT2D eigenvalue weighted by atomic mass is 16.1. The van der Waals surface area contributed by atoms with E-state index < -0.39 is 0 Å². The SMILES string of the molecule is CCn1c(CCN)cc(=O)n2nc(C3CC3)cc12. The zero-order valence-electron chi connectivity index (χ0n) is 10.6. The van der Waals surface area contributed by atoms with Crippen LogP contribution in [0.2, 0.25) is 0 Å². The molecule has 2 heterocycles. The van der Waals surface area contributed by atoms with Crippen LogP contribution in [0.3, 0.4) is 0 Å². The molecule has 5 nitrogen and oxygen atoms in total. The van der Waals surface area contributed by atoms with Crippen LogP contribution in [0.15, 0.2) is 16.9 Å². The lowest BCUT2D eigenvalue weighted by atomic mass is 10.2. The summed E-state index contributed by atoms with van der Waals surface area (Å²) in [5.41, 5.74) is 8.51. The molecule has 0 radical (unpaired) electrons. The highest BCUT2D eigenvalue weighted by Gasteiger charge is 2.27. The Morgan fingerprint density at radius 3 is 2.83 bits per heavy atom. The highest BCUT2D eigenvalue weighted by Crippen LogP contribution is 2.39. The van der Waals surface area contributed by atoms with Crippen LogP contribution in [-0.4, -0.2) is 20.7 Å². The van der Waals surface area contributed by atoms with E-state index in [1.807, 2.05) is 0 Å². The second kappa shape index (κ2) is 4.24. The molecule has 0 spiro atoms. The molecule has 0 atom stereocenters. The third kappa shape index (κ3) is 1.75. The number of hydrogen-bond acceptors (Lipinski definition) is 3. The largest absolute Gasteiger partial charge is 0.330 e. The van der Waals surface area contributed by atoms with Gasteiger partial charge in [0.2, 0.25) is 0 Å². The van der Waals surface area contributed by atoms with E-state index in [-0.39, 0.29) is 5.56 Å². The molecule has 2 aromatic heterocycles. The Morgan fingerprint density at radius 1 is 1.44 bits per heavy atom. The molecule has 1 aliphatic rings. The molecule has 1 saturated carbocycles. The Morgan fingerprint density at radius 2 is 2.22 bits per heavy atom. The van der Waals surface area contributed by atoms with E-state index in [1.165, 1.54) is 17.4 Å². The molecule has 1 fully saturated rings. The van der Waals surface area contributed by atoms with E-state index in [4.69, 9.17) is 5.73 Å². The fourth-order valence-electron chi connectivity index (χ4n) is 2.47. The molecule has 5 heteroatoms. The molecule has 3 rings (SSSR count). The quantitative estimate of drug-likeness (QED) is 0.871. The van der Waals surface area contributed by atoms with Crippen LogP contribution >= 0.6 is 0 Å². The summed E-state index contributed by atoms with van der Waals surface area (Å²) in [4.78, 5) is 12.0. The van der Waals surface area contributed by atoms with E-state index >= 15 is 0 Å². The zero-order valence-corrected chi connectivity index (χ0v) is 10.6. The topological polar surface area (TPSA) is 65.3 Å². The summed E-state index contributed by atoms with van der Waals surface area (Å²) in [5, 5.41) is 4.44. The Labute approximate surface area is 105 Å². The molecule has 96 valence electrons. The lowest BCUT2D eigenvalue weighted by Crippen LogP contribution is -2.22. The van der Waals surface area contributed by atoms with Crippen LogP contribution in [0.5, 0.6) is 0 Å². The molecule has 18 heavy (non-hydrogen) atoms. The number of fused-ring (bicyclic) bond motifs is 1. The average Bonchev–Trinajstić information content (AvgIpc) is 3.10. The number of aromatic nitrogens is 3. The zero-order chi connectivity index (χ0) is 12.7. The number of aryl methyl sites for hydroxylation is 1. The van der Waals surface area contributed by atoms with Crippen molar-refractivity contribution in [2.45, 2.75) is 38.6 Å². The van der Waals surface area contributed by atoms with Crippen LogP contribution in [-0.2, 0) is 13.0 Å². The van der Waals surface area contributed by atoms with Gasteiger partial charge in [-0.15, -0.1) is 0 Å². The molecule has 2 aromatic rings. The first-order valence-corrected chi connectivity index (χ1v) is 6.57. The fourth-order valence-corrected chi connectivity index (χ4v) is 2.47. The molecule has 0 saturated heterocycles. The van der Waals surface area contributed by atoms with Gasteiger partial charge in [-0.1, -0.05) is 0 Å². The van der Waals surface area contributed by atoms with E-state index in [0.29, 0.717) is 12.5 Å². The predicted molar refractivity (Wildman–Crippen MR) is 69.9 cm³/mol. The minimum absolute atomic E-state index is 0.0509. The number of nitrogens with zero attached hydrogens (tertiary/aromatic N) is 3. The Kier molecular flexibility index (Phi) is 2.70. The van der Waals surface area contributed by atoms with E-state index in [2.05, 4.69) is 22.7 Å². The Hall–Kier alpha value is -1.62. The van der Waals surface area contributed by atoms with Crippen molar-refractivity contribution < 1.29 is 0 Å². The van der Waals surface area contributed by atoms with Crippen molar-refractivity contribution >= 4 is 5.65 Å². The summed E-state index contributed by atoms with van der Waals surface area (Å²) in [6, 6.07) is 3.72. The third-order valence-electron chi connectivity index (χ3n) is 3.54. The highest BCUT2D eigenvalue weighted by molar-refractivity contribution is 5.43. The van der Waals surface area contributed by atoms with Gasteiger partial charge >= 0.3 is 0 Å². The maximum absolute atomic E-state index is 12.0. The molecule has 0 unspecified atom stereocenters. The monoisotopic (exact) mass is 246 g/mol. The van der Waals surface area contributed by atoms with Crippen molar-refractivity contribution in [3.8, 4) is 0 Å². The first kappa shape index (κ1) is 11.5. The van der Waals surface area contributed by atoms with Crippen LogP contribution in [0.1, 0.15) is 37.1 Å². The Bertz CT molecular complexity index is 636.